The molecule has 0 aromatic rings. The topological polar surface area (TPSA) is 66.8 Å². The van der Waals surface area contributed by atoms with E-state index in [1.807, 2.05) is 6.92 Å². The van der Waals surface area contributed by atoms with Crippen molar-refractivity contribution in [3.05, 3.63) is 11.6 Å². The molecule has 0 saturated heterocycles. The molecule has 2 N–H and O–H groups in total. The normalized spacial score (nSPS) is 23.1. The van der Waals surface area contributed by atoms with Crippen LogP contribution in [0.2, 0.25) is 0 Å². The first-order valence-electron chi connectivity index (χ1n) is 13.1. The predicted octanol–water partition coefficient (Wildman–Crippen LogP) is 6.73. The molecule has 4 atom stereocenters. The highest BCUT2D eigenvalue weighted by molar-refractivity contribution is 5.69. The molecule has 0 radical (unpaired) electrons. The number of rotatable bonds is 17. The summed E-state index contributed by atoms with van der Waals surface area (Å²) in [4.78, 5) is 11.4. The van der Waals surface area contributed by atoms with Gasteiger partial charge in [-0.05, 0) is 57.8 Å². The molecule has 4 heteroatoms. The van der Waals surface area contributed by atoms with Crippen LogP contribution in [-0.4, -0.2) is 34.5 Å². The second-order valence-electron chi connectivity index (χ2n) is 9.85. The van der Waals surface area contributed by atoms with Crippen molar-refractivity contribution >= 4 is 5.97 Å². The highest BCUT2D eigenvalue weighted by atomic mass is 16.5. The van der Waals surface area contributed by atoms with Gasteiger partial charge in [0, 0.05) is 12.3 Å². The maximum absolute atomic E-state index is 11.4. The van der Waals surface area contributed by atoms with Crippen molar-refractivity contribution in [2.24, 2.45) is 11.8 Å². The second-order valence-corrected chi connectivity index (χ2v) is 9.85. The van der Waals surface area contributed by atoms with Crippen molar-refractivity contribution in [2.45, 2.75) is 136 Å². The lowest BCUT2D eigenvalue weighted by molar-refractivity contribution is -0.143. The molecule has 0 heterocycles. The molecule has 2 unspecified atom stereocenters. The number of ether oxygens (including phenoxy) is 1. The van der Waals surface area contributed by atoms with E-state index in [9.17, 15) is 15.0 Å². The Bertz CT molecular complexity index is 515. The molecule has 0 aromatic heterocycles. The Kier molecular flexibility index (Phi) is 14.4. The molecule has 1 fully saturated rings. The van der Waals surface area contributed by atoms with Gasteiger partial charge in [0.15, 0.2) is 0 Å². The molecule has 0 bridgehead atoms. The van der Waals surface area contributed by atoms with Crippen LogP contribution in [0.25, 0.3) is 0 Å². The Morgan fingerprint density at radius 2 is 1.90 bits per heavy atom. The summed E-state index contributed by atoms with van der Waals surface area (Å²) in [5.41, 5.74) is 0.750. The molecule has 1 saturated carbocycles. The number of aliphatic hydroxyl groups excluding tert-OH is 1. The first-order chi connectivity index (χ1) is 14.8. The molecule has 0 spiro atoms. The summed E-state index contributed by atoms with van der Waals surface area (Å²) in [5.74, 6) is 0.681. The summed E-state index contributed by atoms with van der Waals surface area (Å²) in [6.07, 6.45) is 16.4. The van der Waals surface area contributed by atoms with Crippen LogP contribution in [0, 0.1) is 11.8 Å². The predicted molar refractivity (Wildman–Crippen MR) is 129 cm³/mol. The second kappa shape index (κ2) is 15.9. The van der Waals surface area contributed by atoms with Gasteiger partial charge in [0.05, 0.1) is 18.3 Å². The standard InChI is InChI=1S/C27H50O4/c1-5-8-13-19-27(30,21-22(4)6-2)20-18-23-16-17-25(28)24(23)14-11-9-10-12-15-26(29)31-7-3/h18,22,24-25,28,30H,5-17,19-21H2,1-4H3/t22?,24-,25-,27?/m1/s1. The van der Waals surface area contributed by atoms with Gasteiger partial charge in [-0.1, -0.05) is 77.4 Å². The fraction of sp³-hybridized carbons (Fsp3) is 0.889. The third-order valence-electron chi connectivity index (χ3n) is 7.04. The van der Waals surface area contributed by atoms with E-state index in [1.54, 1.807) is 0 Å². The van der Waals surface area contributed by atoms with Crippen LogP contribution < -0.4 is 0 Å². The Morgan fingerprint density at radius 1 is 1.16 bits per heavy atom. The van der Waals surface area contributed by atoms with Gasteiger partial charge in [-0.2, -0.15) is 0 Å². The third kappa shape index (κ3) is 11.5. The Balaban J connectivity index is 2.53. The number of carbonyl (C=O) groups is 1. The van der Waals surface area contributed by atoms with Gasteiger partial charge in [0.25, 0.3) is 0 Å². The van der Waals surface area contributed by atoms with Crippen LogP contribution >= 0.6 is 0 Å². The van der Waals surface area contributed by atoms with Gasteiger partial charge >= 0.3 is 5.97 Å². The van der Waals surface area contributed by atoms with Gasteiger partial charge in [-0.15, -0.1) is 0 Å². The highest BCUT2D eigenvalue weighted by Crippen LogP contribution is 2.37. The van der Waals surface area contributed by atoms with E-state index in [0.29, 0.717) is 18.9 Å². The van der Waals surface area contributed by atoms with E-state index in [-0.39, 0.29) is 18.0 Å². The minimum atomic E-state index is -0.608. The zero-order valence-corrected chi connectivity index (χ0v) is 20.8. The summed E-state index contributed by atoms with van der Waals surface area (Å²) < 4.78 is 4.97. The number of aliphatic hydroxyl groups is 2. The Morgan fingerprint density at radius 3 is 2.58 bits per heavy atom. The molecule has 0 amide bonds. The summed E-state index contributed by atoms with van der Waals surface area (Å²) in [5, 5.41) is 21.9. The van der Waals surface area contributed by atoms with Crippen molar-refractivity contribution in [1.29, 1.82) is 0 Å². The fourth-order valence-corrected chi connectivity index (χ4v) is 4.91. The van der Waals surface area contributed by atoms with Gasteiger partial charge < -0.3 is 14.9 Å². The zero-order chi connectivity index (χ0) is 23.1. The van der Waals surface area contributed by atoms with Crippen LogP contribution in [0.5, 0.6) is 0 Å². The Labute approximate surface area is 191 Å². The van der Waals surface area contributed by atoms with Gasteiger partial charge in [0.2, 0.25) is 0 Å². The number of hydrogen-bond donors (Lipinski definition) is 2. The first-order valence-corrected chi connectivity index (χ1v) is 13.1. The largest absolute Gasteiger partial charge is 0.466 e. The van der Waals surface area contributed by atoms with E-state index in [0.717, 1.165) is 77.0 Å². The summed E-state index contributed by atoms with van der Waals surface area (Å²) >= 11 is 0. The van der Waals surface area contributed by atoms with E-state index in [2.05, 4.69) is 26.8 Å². The van der Waals surface area contributed by atoms with Crippen molar-refractivity contribution < 1.29 is 19.7 Å². The monoisotopic (exact) mass is 438 g/mol. The SMILES string of the molecule is CCCCCC(O)(CC=C1CC[C@@H](O)[C@@H]1CCCCCCC(=O)OCC)CC(C)CC. The van der Waals surface area contributed by atoms with Gasteiger partial charge in [0.1, 0.15) is 0 Å². The quantitative estimate of drug-likeness (QED) is 0.150. The van der Waals surface area contributed by atoms with Gasteiger partial charge in [-0.25, -0.2) is 0 Å². The van der Waals surface area contributed by atoms with Gasteiger partial charge in [-0.3, -0.25) is 4.79 Å². The summed E-state index contributed by atoms with van der Waals surface area (Å²) in [6, 6.07) is 0. The number of hydrogen-bond acceptors (Lipinski definition) is 4. The van der Waals surface area contributed by atoms with Crippen LogP contribution in [0.15, 0.2) is 11.6 Å². The third-order valence-corrected chi connectivity index (χ3v) is 7.04. The maximum atomic E-state index is 11.4. The highest BCUT2D eigenvalue weighted by Gasteiger charge is 2.32. The molecule has 4 nitrogen and oxygen atoms in total. The number of carbonyl (C=O) groups excluding carboxylic acids is 1. The minimum absolute atomic E-state index is 0.0947. The van der Waals surface area contributed by atoms with Crippen molar-refractivity contribution in [3.8, 4) is 0 Å². The molecule has 0 aromatic carbocycles. The smallest absolute Gasteiger partial charge is 0.305 e. The fourth-order valence-electron chi connectivity index (χ4n) is 4.91. The molecule has 0 aliphatic heterocycles. The van der Waals surface area contributed by atoms with Crippen LogP contribution in [0.1, 0.15) is 124 Å². The van der Waals surface area contributed by atoms with Crippen molar-refractivity contribution in [3.63, 3.8) is 0 Å². The van der Waals surface area contributed by atoms with Crippen molar-refractivity contribution in [1.82, 2.24) is 0 Å². The average molecular weight is 439 g/mol. The summed E-state index contributed by atoms with van der Waals surface area (Å²) in [7, 11) is 0. The molecule has 182 valence electrons. The lowest BCUT2D eigenvalue weighted by Gasteiger charge is -2.30. The molecule has 1 aliphatic rings. The van der Waals surface area contributed by atoms with E-state index in [1.165, 1.54) is 18.4 Å². The average Bonchev–Trinajstić information content (AvgIpc) is 3.09. The lowest BCUT2D eigenvalue weighted by atomic mass is 9.82. The molecular formula is C27H50O4. The van der Waals surface area contributed by atoms with Crippen LogP contribution in [0.3, 0.4) is 0 Å². The molecular weight excluding hydrogens is 388 g/mol. The zero-order valence-electron chi connectivity index (χ0n) is 20.8. The Hall–Kier alpha value is -0.870. The van der Waals surface area contributed by atoms with E-state index >= 15 is 0 Å². The number of esters is 1. The minimum Gasteiger partial charge on any atom is -0.466 e. The first kappa shape index (κ1) is 28.2. The van der Waals surface area contributed by atoms with Crippen LogP contribution in [0.4, 0.5) is 0 Å². The molecule has 31 heavy (non-hydrogen) atoms. The maximum Gasteiger partial charge on any atom is 0.305 e. The summed E-state index contributed by atoms with van der Waals surface area (Å²) in [6.45, 7) is 8.94. The number of unbranched alkanes of at least 4 members (excludes halogenated alkanes) is 5. The molecule has 1 rings (SSSR count). The van der Waals surface area contributed by atoms with E-state index in [4.69, 9.17) is 4.74 Å². The lowest BCUT2D eigenvalue weighted by Crippen LogP contribution is -2.30. The van der Waals surface area contributed by atoms with Crippen LogP contribution in [-0.2, 0) is 9.53 Å². The van der Waals surface area contributed by atoms with Crippen molar-refractivity contribution in [2.75, 3.05) is 6.61 Å². The van der Waals surface area contributed by atoms with E-state index < -0.39 is 5.60 Å². The molecule has 1 aliphatic carbocycles.